The average Bonchev–Trinajstić information content (AvgIpc) is 2.85. The Hall–Kier alpha value is -3.44. The summed E-state index contributed by atoms with van der Waals surface area (Å²) in [6.45, 7) is 2.02. The third-order valence-corrected chi connectivity index (χ3v) is 7.08. The number of carbonyl (C=O) groups is 1. The quantitative estimate of drug-likeness (QED) is 0.361. The topological polar surface area (TPSA) is 64.4 Å². The van der Waals surface area contributed by atoms with Crippen LogP contribution in [-0.2, 0) is 4.79 Å². The van der Waals surface area contributed by atoms with Crippen LogP contribution in [0.25, 0.3) is 5.76 Å². The lowest BCUT2D eigenvalue weighted by Gasteiger charge is -2.41. The number of allylic oxidation sites excluding steroid dienone is 2. The van der Waals surface area contributed by atoms with Gasteiger partial charge in [-0.25, -0.2) is 0 Å². The molecule has 0 saturated heterocycles. The molecule has 170 valence electrons. The second-order valence-electron chi connectivity index (χ2n) is 8.77. The third kappa shape index (κ3) is 3.90. The standard InChI is InChI=1S/C29H25BrN2O2/c1-18-10-12-19(13-11-18)25-26-23(8-5-9-24(26)33)32(22-16-14-21(30)15-17-22)29(31)27(25)28(34)20-6-3-2-4-7-20/h2-4,6-7,10-17,25,31,34H,5,8-9H2,1H3/b28-27+,31-29?/t25-/m0/s1. The monoisotopic (exact) mass is 512 g/mol. The van der Waals surface area contributed by atoms with Crippen molar-refractivity contribution < 1.29 is 9.90 Å². The van der Waals surface area contributed by atoms with Crippen molar-refractivity contribution in [3.8, 4) is 0 Å². The van der Waals surface area contributed by atoms with Gasteiger partial charge >= 0.3 is 0 Å². The van der Waals surface area contributed by atoms with E-state index < -0.39 is 5.92 Å². The molecule has 1 aliphatic heterocycles. The van der Waals surface area contributed by atoms with E-state index in [0.717, 1.165) is 33.4 Å². The summed E-state index contributed by atoms with van der Waals surface area (Å²) >= 11 is 3.49. The summed E-state index contributed by atoms with van der Waals surface area (Å²) in [7, 11) is 0. The molecule has 1 aliphatic carbocycles. The van der Waals surface area contributed by atoms with Gasteiger partial charge in [0.1, 0.15) is 11.6 Å². The minimum absolute atomic E-state index is 0.0308. The molecule has 0 spiro atoms. The summed E-state index contributed by atoms with van der Waals surface area (Å²) in [5.74, 6) is -0.187. The van der Waals surface area contributed by atoms with E-state index in [1.165, 1.54) is 0 Å². The van der Waals surface area contributed by atoms with Crippen molar-refractivity contribution in [2.45, 2.75) is 32.1 Å². The Morgan fingerprint density at radius 2 is 1.65 bits per heavy atom. The number of ketones is 1. The van der Waals surface area contributed by atoms with Gasteiger partial charge in [0.25, 0.3) is 0 Å². The fourth-order valence-electron chi connectivity index (χ4n) is 4.91. The number of hydrogen-bond acceptors (Lipinski definition) is 3. The molecule has 0 bridgehead atoms. The van der Waals surface area contributed by atoms with Gasteiger partial charge in [-0.1, -0.05) is 76.1 Å². The fourth-order valence-corrected chi connectivity index (χ4v) is 5.18. The maximum Gasteiger partial charge on any atom is 0.161 e. The van der Waals surface area contributed by atoms with Crippen molar-refractivity contribution >= 4 is 39.0 Å². The minimum atomic E-state index is -0.497. The number of hydrogen-bond donors (Lipinski definition) is 2. The molecule has 5 rings (SSSR count). The van der Waals surface area contributed by atoms with Gasteiger partial charge in [0, 0.05) is 44.9 Å². The van der Waals surface area contributed by atoms with Crippen LogP contribution in [0.1, 0.15) is 41.9 Å². The summed E-state index contributed by atoms with van der Waals surface area (Å²) in [4.78, 5) is 15.3. The first-order valence-corrected chi connectivity index (χ1v) is 12.2. The zero-order valence-electron chi connectivity index (χ0n) is 18.9. The zero-order chi connectivity index (χ0) is 23.8. The summed E-state index contributed by atoms with van der Waals surface area (Å²) in [6.07, 6.45) is 1.94. The van der Waals surface area contributed by atoms with Gasteiger partial charge in [-0.05, 0) is 49.6 Å². The molecular weight excluding hydrogens is 488 g/mol. The number of benzene rings is 3. The van der Waals surface area contributed by atoms with Crippen LogP contribution in [0, 0.1) is 12.3 Å². The number of anilines is 1. The first kappa shape index (κ1) is 22.4. The normalized spacial score (nSPS) is 19.8. The summed E-state index contributed by atoms with van der Waals surface area (Å²) < 4.78 is 0.939. The molecule has 0 unspecified atom stereocenters. The summed E-state index contributed by atoms with van der Waals surface area (Å²) in [5.41, 5.74) is 5.45. The highest BCUT2D eigenvalue weighted by Gasteiger charge is 2.43. The number of rotatable bonds is 3. The van der Waals surface area contributed by atoms with Gasteiger partial charge in [0.15, 0.2) is 5.78 Å². The Bertz CT molecular complexity index is 1320. The number of aliphatic hydroxyl groups is 1. The second kappa shape index (κ2) is 9.07. The van der Waals surface area contributed by atoms with E-state index in [9.17, 15) is 15.3 Å². The zero-order valence-corrected chi connectivity index (χ0v) is 20.5. The highest BCUT2D eigenvalue weighted by molar-refractivity contribution is 9.10. The van der Waals surface area contributed by atoms with E-state index in [0.29, 0.717) is 29.6 Å². The molecular formula is C29H25BrN2O2. The maximum absolute atomic E-state index is 13.5. The van der Waals surface area contributed by atoms with Crippen molar-refractivity contribution in [2.75, 3.05) is 4.90 Å². The van der Waals surface area contributed by atoms with Crippen LogP contribution >= 0.6 is 15.9 Å². The van der Waals surface area contributed by atoms with Crippen LogP contribution in [0.4, 0.5) is 5.69 Å². The number of halogens is 1. The lowest BCUT2D eigenvalue weighted by molar-refractivity contribution is -0.116. The van der Waals surface area contributed by atoms with E-state index in [1.54, 1.807) is 0 Å². The highest BCUT2D eigenvalue weighted by atomic mass is 79.9. The maximum atomic E-state index is 13.5. The minimum Gasteiger partial charge on any atom is -0.507 e. The molecule has 0 amide bonds. The largest absolute Gasteiger partial charge is 0.507 e. The highest BCUT2D eigenvalue weighted by Crippen LogP contribution is 2.47. The van der Waals surface area contributed by atoms with Crippen LogP contribution in [0.3, 0.4) is 0 Å². The molecule has 4 nitrogen and oxygen atoms in total. The number of carbonyl (C=O) groups excluding carboxylic acids is 1. The summed E-state index contributed by atoms with van der Waals surface area (Å²) in [6, 6.07) is 25.1. The molecule has 0 saturated carbocycles. The SMILES string of the molecule is Cc1ccc([C@H]2C3=C(CCCC3=O)N(c3ccc(Br)cc3)C(=N)/C2=C(/O)c2ccccc2)cc1. The molecule has 0 aromatic heterocycles. The molecule has 1 atom stereocenters. The Kier molecular flexibility index (Phi) is 5.96. The number of Topliss-reactive ketones (excluding diaryl/α,β-unsaturated/α-hetero) is 1. The van der Waals surface area contributed by atoms with E-state index in [-0.39, 0.29) is 17.4 Å². The van der Waals surface area contributed by atoms with Gasteiger partial charge in [-0.3, -0.25) is 15.1 Å². The van der Waals surface area contributed by atoms with Gasteiger partial charge in [0.2, 0.25) is 0 Å². The van der Waals surface area contributed by atoms with Crippen LogP contribution in [0.5, 0.6) is 0 Å². The number of nitrogens with zero attached hydrogens (tertiary/aromatic N) is 1. The molecule has 34 heavy (non-hydrogen) atoms. The van der Waals surface area contributed by atoms with E-state index in [4.69, 9.17) is 0 Å². The summed E-state index contributed by atoms with van der Waals surface area (Å²) in [5, 5.41) is 20.9. The van der Waals surface area contributed by atoms with E-state index in [1.807, 2.05) is 90.7 Å². The molecule has 0 radical (unpaired) electrons. The predicted molar refractivity (Wildman–Crippen MR) is 140 cm³/mol. The van der Waals surface area contributed by atoms with Crippen molar-refractivity contribution in [1.82, 2.24) is 0 Å². The lowest BCUT2D eigenvalue weighted by atomic mass is 9.73. The molecule has 0 fully saturated rings. The van der Waals surface area contributed by atoms with Gasteiger partial charge in [-0.15, -0.1) is 0 Å². The average molecular weight is 513 g/mol. The van der Waals surface area contributed by atoms with E-state index in [2.05, 4.69) is 15.9 Å². The number of nitrogens with one attached hydrogen (secondary N) is 1. The Labute approximate surface area is 207 Å². The van der Waals surface area contributed by atoms with Crippen molar-refractivity contribution in [3.05, 3.63) is 117 Å². The lowest BCUT2D eigenvalue weighted by Crippen LogP contribution is -2.42. The van der Waals surface area contributed by atoms with Crippen molar-refractivity contribution in [1.29, 1.82) is 5.41 Å². The Morgan fingerprint density at radius 3 is 2.32 bits per heavy atom. The molecule has 2 aliphatic rings. The smallest absolute Gasteiger partial charge is 0.161 e. The van der Waals surface area contributed by atoms with Crippen LogP contribution in [-0.4, -0.2) is 16.7 Å². The Balaban J connectivity index is 1.82. The third-order valence-electron chi connectivity index (χ3n) is 6.55. The molecule has 3 aromatic carbocycles. The molecule has 5 heteroatoms. The van der Waals surface area contributed by atoms with Crippen LogP contribution < -0.4 is 4.90 Å². The number of aliphatic hydroxyl groups excluding tert-OH is 1. The number of amidine groups is 1. The van der Waals surface area contributed by atoms with Crippen molar-refractivity contribution in [2.24, 2.45) is 0 Å². The molecule has 1 heterocycles. The van der Waals surface area contributed by atoms with Gasteiger partial charge < -0.3 is 5.11 Å². The molecule has 3 aromatic rings. The van der Waals surface area contributed by atoms with Crippen molar-refractivity contribution in [3.63, 3.8) is 0 Å². The molecule has 2 N–H and O–H groups in total. The number of aryl methyl sites for hydroxylation is 1. The van der Waals surface area contributed by atoms with Gasteiger partial charge in [0.05, 0.1) is 0 Å². The predicted octanol–water partition coefficient (Wildman–Crippen LogP) is 7.31. The Morgan fingerprint density at radius 1 is 0.971 bits per heavy atom. The second-order valence-corrected chi connectivity index (χ2v) is 9.69. The van der Waals surface area contributed by atoms with E-state index >= 15 is 0 Å². The van der Waals surface area contributed by atoms with Gasteiger partial charge in [-0.2, -0.15) is 0 Å². The van der Waals surface area contributed by atoms with Crippen LogP contribution in [0.2, 0.25) is 0 Å². The first-order valence-electron chi connectivity index (χ1n) is 11.4. The fraction of sp³-hybridized carbons (Fsp3) is 0.172. The van der Waals surface area contributed by atoms with Crippen LogP contribution in [0.15, 0.2) is 100 Å². The first-order chi connectivity index (χ1) is 16.5.